The third-order valence-corrected chi connectivity index (χ3v) is 4.51. The van der Waals surface area contributed by atoms with Gasteiger partial charge in [-0.2, -0.15) is 0 Å². The zero-order valence-corrected chi connectivity index (χ0v) is 14.9. The Morgan fingerprint density at radius 2 is 2.04 bits per heavy atom. The predicted octanol–water partition coefficient (Wildman–Crippen LogP) is 3.13. The van der Waals surface area contributed by atoms with Gasteiger partial charge in [0.05, 0.1) is 23.3 Å². The van der Waals surface area contributed by atoms with Gasteiger partial charge in [-0.25, -0.2) is 4.98 Å². The molecule has 3 aromatic rings. The number of fused-ring (bicyclic) bond motifs is 1. The smallest absolute Gasteiger partial charge is 0.261 e. The summed E-state index contributed by atoms with van der Waals surface area (Å²) >= 11 is 3.38. The minimum absolute atomic E-state index is 0.106. The first-order chi connectivity index (χ1) is 11.5. The number of halogens is 1. The Hall–Kier alpha value is -2.47. The number of amides is 1. The molecule has 1 atom stereocenters. The number of benzene rings is 2. The maximum absolute atomic E-state index is 12.8. The topological polar surface area (TPSA) is 64.0 Å². The van der Waals surface area contributed by atoms with Crippen LogP contribution in [-0.4, -0.2) is 22.5 Å². The van der Waals surface area contributed by atoms with Gasteiger partial charge >= 0.3 is 0 Å². The molecule has 24 heavy (non-hydrogen) atoms. The van der Waals surface area contributed by atoms with Crippen molar-refractivity contribution >= 4 is 32.7 Å². The van der Waals surface area contributed by atoms with Crippen LogP contribution in [0.2, 0.25) is 0 Å². The number of hydrogen-bond donors (Lipinski definition) is 1. The van der Waals surface area contributed by atoms with Crippen LogP contribution in [-0.2, 0) is 0 Å². The molecule has 0 aliphatic carbocycles. The maximum atomic E-state index is 12.8. The number of nitrogens with one attached hydrogen (secondary N) is 1. The molecule has 0 saturated heterocycles. The van der Waals surface area contributed by atoms with Gasteiger partial charge < -0.3 is 5.32 Å². The lowest BCUT2D eigenvalue weighted by atomic mass is 10.0. The molecular weight excluding hydrogens is 370 g/mol. The summed E-state index contributed by atoms with van der Waals surface area (Å²) in [6, 6.07) is 12.4. The third-order valence-electron chi connectivity index (χ3n) is 4.02. The van der Waals surface area contributed by atoms with Crippen molar-refractivity contribution in [2.24, 2.45) is 0 Å². The summed E-state index contributed by atoms with van der Waals surface area (Å²) in [6.07, 6.45) is 1.55. The molecule has 0 aliphatic heterocycles. The molecule has 122 valence electrons. The van der Waals surface area contributed by atoms with Gasteiger partial charge in [0.15, 0.2) is 0 Å². The molecule has 5 nitrogen and oxygen atoms in total. The van der Waals surface area contributed by atoms with Crippen molar-refractivity contribution in [3.8, 4) is 0 Å². The van der Waals surface area contributed by atoms with E-state index in [0.717, 1.165) is 10.0 Å². The molecule has 1 unspecified atom stereocenters. The second-order valence-corrected chi connectivity index (χ2v) is 6.41. The van der Waals surface area contributed by atoms with Crippen LogP contribution in [0.1, 0.15) is 28.9 Å². The Morgan fingerprint density at radius 1 is 1.25 bits per heavy atom. The molecular formula is C18H16BrN3O2. The average Bonchev–Trinajstić information content (AvgIpc) is 2.60. The Morgan fingerprint density at radius 3 is 2.79 bits per heavy atom. The fourth-order valence-corrected chi connectivity index (χ4v) is 2.98. The highest BCUT2D eigenvalue weighted by Gasteiger charge is 2.14. The van der Waals surface area contributed by atoms with E-state index >= 15 is 0 Å². The summed E-state index contributed by atoms with van der Waals surface area (Å²) in [6.45, 7) is 1.91. The average molecular weight is 386 g/mol. The number of carbonyl (C=O) groups excluding carboxylic acids is 1. The number of hydrogen-bond acceptors (Lipinski definition) is 3. The predicted molar refractivity (Wildman–Crippen MR) is 97.3 cm³/mol. The highest BCUT2D eigenvalue weighted by molar-refractivity contribution is 9.10. The molecule has 2 aromatic carbocycles. The summed E-state index contributed by atoms with van der Waals surface area (Å²) in [5.74, 6) is -0.155. The van der Waals surface area contributed by atoms with Gasteiger partial charge in [-0.3, -0.25) is 14.2 Å². The first-order valence-corrected chi connectivity index (χ1v) is 8.29. The van der Waals surface area contributed by atoms with Crippen LogP contribution in [0.25, 0.3) is 10.9 Å². The fourth-order valence-electron chi connectivity index (χ4n) is 2.63. The first-order valence-electron chi connectivity index (χ1n) is 7.49. The highest BCUT2D eigenvalue weighted by Crippen LogP contribution is 2.20. The van der Waals surface area contributed by atoms with Crippen molar-refractivity contribution in [3.63, 3.8) is 0 Å². The Kier molecular flexibility index (Phi) is 4.49. The molecule has 0 radical (unpaired) electrons. The van der Waals surface area contributed by atoms with Crippen LogP contribution in [0.4, 0.5) is 0 Å². The number of rotatable bonds is 3. The standard InChI is InChI=1S/C18H16BrN3O2/c1-11(12-4-3-5-13(8-12)17(23)20-2)22-10-21-16-9-14(19)6-7-15(16)18(22)24/h3-11H,1-2H3,(H,20,23). The van der Waals surface area contributed by atoms with Crippen molar-refractivity contribution in [1.29, 1.82) is 0 Å². The van der Waals surface area contributed by atoms with Gasteiger partial charge in [0, 0.05) is 17.1 Å². The van der Waals surface area contributed by atoms with Gasteiger partial charge in [-0.05, 0) is 42.8 Å². The van der Waals surface area contributed by atoms with Crippen LogP contribution in [0.3, 0.4) is 0 Å². The van der Waals surface area contributed by atoms with E-state index in [1.54, 1.807) is 36.1 Å². The molecule has 0 saturated carbocycles. The molecule has 0 bridgehead atoms. The molecule has 1 aromatic heterocycles. The van der Waals surface area contributed by atoms with E-state index in [4.69, 9.17) is 0 Å². The first kappa shape index (κ1) is 16.4. The lowest BCUT2D eigenvalue weighted by molar-refractivity contribution is 0.0963. The second-order valence-electron chi connectivity index (χ2n) is 5.50. The Bertz CT molecular complexity index is 981. The Labute approximate surface area is 147 Å². The molecule has 0 aliphatic rings. The van der Waals surface area contributed by atoms with Gasteiger partial charge in [0.25, 0.3) is 11.5 Å². The molecule has 1 heterocycles. The molecule has 6 heteroatoms. The minimum Gasteiger partial charge on any atom is -0.355 e. The number of nitrogens with zero attached hydrogens (tertiary/aromatic N) is 2. The van der Waals surface area contributed by atoms with Gasteiger partial charge in [0.1, 0.15) is 0 Å². The van der Waals surface area contributed by atoms with E-state index in [-0.39, 0.29) is 17.5 Å². The summed E-state index contributed by atoms with van der Waals surface area (Å²) in [7, 11) is 1.59. The van der Waals surface area contributed by atoms with E-state index in [2.05, 4.69) is 26.2 Å². The van der Waals surface area contributed by atoms with Crippen molar-refractivity contribution in [1.82, 2.24) is 14.9 Å². The van der Waals surface area contributed by atoms with Crippen molar-refractivity contribution in [2.75, 3.05) is 7.05 Å². The van der Waals surface area contributed by atoms with Crippen LogP contribution >= 0.6 is 15.9 Å². The second kappa shape index (κ2) is 6.57. The molecule has 0 fully saturated rings. The molecule has 0 spiro atoms. The summed E-state index contributed by atoms with van der Waals surface area (Å²) < 4.78 is 2.46. The summed E-state index contributed by atoms with van der Waals surface area (Å²) in [5, 5.41) is 3.17. The molecule has 1 amide bonds. The number of aromatic nitrogens is 2. The van der Waals surface area contributed by atoms with E-state index in [1.807, 2.05) is 31.2 Å². The zero-order valence-electron chi connectivity index (χ0n) is 13.3. The van der Waals surface area contributed by atoms with E-state index < -0.39 is 0 Å². The van der Waals surface area contributed by atoms with Crippen LogP contribution in [0.15, 0.2) is 58.1 Å². The van der Waals surface area contributed by atoms with E-state index in [0.29, 0.717) is 16.5 Å². The van der Waals surface area contributed by atoms with Gasteiger partial charge in [-0.1, -0.05) is 28.1 Å². The van der Waals surface area contributed by atoms with Gasteiger partial charge in [0.2, 0.25) is 0 Å². The highest BCUT2D eigenvalue weighted by atomic mass is 79.9. The lowest BCUT2D eigenvalue weighted by Crippen LogP contribution is -2.25. The Balaban J connectivity index is 2.07. The third kappa shape index (κ3) is 2.97. The van der Waals surface area contributed by atoms with E-state index in [1.165, 1.54) is 0 Å². The van der Waals surface area contributed by atoms with Crippen molar-refractivity contribution < 1.29 is 4.79 Å². The maximum Gasteiger partial charge on any atom is 0.261 e. The largest absolute Gasteiger partial charge is 0.355 e. The zero-order chi connectivity index (χ0) is 17.3. The van der Waals surface area contributed by atoms with Crippen molar-refractivity contribution in [3.05, 3.63) is 74.7 Å². The molecule has 3 rings (SSSR count). The number of carbonyl (C=O) groups is 1. The summed E-state index contributed by atoms with van der Waals surface area (Å²) in [5.41, 5.74) is 1.98. The van der Waals surface area contributed by atoms with Crippen LogP contribution < -0.4 is 10.9 Å². The minimum atomic E-state index is -0.234. The lowest BCUT2D eigenvalue weighted by Gasteiger charge is -2.16. The molecule has 1 N–H and O–H groups in total. The quantitative estimate of drug-likeness (QED) is 0.752. The monoisotopic (exact) mass is 385 g/mol. The normalized spacial score (nSPS) is 12.1. The fraction of sp³-hybridized carbons (Fsp3) is 0.167. The SMILES string of the molecule is CNC(=O)c1cccc(C(C)n2cnc3cc(Br)ccc3c2=O)c1. The van der Waals surface area contributed by atoms with Crippen LogP contribution in [0.5, 0.6) is 0 Å². The van der Waals surface area contributed by atoms with Crippen molar-refractivity contribution in [2.45, 2.75) is 13.0 Å². The van der Waals surface area contributed by atoms with E-state index in [9.17, 15) is 9.59 Å². The van der Waals surface area contributed by atoms with Crippen LogP contribution in [0, 0.1) is 0 Å². The van der Waals surface area contributed by atoms with Gasteiger partial charge in [-0.15, -0.1) is 0 Å². The summed E-state index contributed by atoms with van der Waals surface area (Å²) in [4.78, 5) is 28.9.